The van der Waals surface area contributed by atoms with Gasteiger partial charge in [-0.2, -0.15) is 4.98 Å². The van der Waals surface area contributed by atoms with E-state index in [0.717, 1.165) is 16.5 Å². The topological polar surface area (TPSA) is 75.2 Å². The molecule has 0 amide bonds. The number of halogens is 1. The first-order valence-electron chi connectivity index (χ1n) is 6.16. The summed E-state index contributed by atoms with van der Waals surface area (Å²) in [4.78, 5) is 18.4. The first-order chi connectivity index (χ1) is 10.1. The maximum atomic E-state index is 11.8. The average molecular weight is 347 g/mol. The summed E-state index contributed by atoms with van der Waals surface area (Å²) in [6.07, 6.45) is 0. The predicted molar refractivity (Wildman–Crippen MR) is 83.7 cm³/mol. The van der Waals surface area contributed by atoms with E-state index in [2.05, 4.69) is 25.9 Å². The molecule has 0 aliphatic rings. The van der Waals surface area contributed by atoms with E-state index >= 15 is 0 Å². The van der Waals surface area contributed by atoms with Gasteiger partial charge in [-0.15, -0.1) is 0 Å². The zero-order chi connectivity index (χ0) is 15.0. The highest BCUT2D eigenvalue weighted by Gasteiger charge is 2.13. The quantitative estimate of drug-likeness (QED) is 0.747. The fourth-order valence-electron chi connectivity index (χ4n) is 2.23. The molecule has 6 heteroatoms. The molecule has 0 aliphatic heterocycles. The molecular formula is C15H11BrN2O3. The normalized spacial score (nSPS) is 10.8. The van der Waals surface area contributed by atoms with Crippen molar-refractivity contribution in [3.63, 3.8) is 0 Å². The van der Waals surface area contributed by atoms with Gasteiger partial charge in [-0.05, 0) is 33.4 Å². The monoisotopic (exact) mass is 346 g/mol. The van der Waals surface area contributed by atoms with Gasteiger partial charge in [0.05, 0.1) is 7.11 Å². The van der Waals surface area contributed by atoms with E-state index in [0.29, 0.717) is 11.4 Å². The lowest BCUT2D eigenvalue weighted by molar-refractivity contribution is 0.420. The van der Waals surface area contributed by atoms with Gasteiger partial charge in [0.1, 0.15) is 16.0 Å². The molecule has 5 nitrogen and oxygen atoms in total. The molecule has 0 radical (unpaired) electrons. The minimum atomic E-state index is -0.433. The molecule has 2 N–H and O–H groups in total. The van der Waals surface area contributed by atoms with Gasteiger partial charge in [-0.3, -0.25) is 4.79 Å². The summed E-state index contributed by atoms with van der Waals surface area (Å²) in [6.45, 7) is 0. The van der Waals surface area contributed by atoms with Gasteiger partial charge in [0.25, 0.3) is 5.56 Å². The Morgan fingerprint density at radius 3 is 2.57 bits per heavy atom. The molecule has 3 rings (SSSR count). The third-order valence-electron chi connectivity index (χ3n) is 3.20. The molecule has 3 aromatic rings. The number of ether oxygens (including phenoxy) is 1. The van der Waals surface area contributed by atoms with Crippen LogP contribution in [-0.4, -0.2) is 22.2 Å². The number of nitrogens with zero attached hydrogens (tertiary/aromatic N) is 1. The van der Waals surface area contributed by atoms with Crippen molar-refractivity contribution in [3.05, 3.63) is 51.2 Å². The van der Waals surface area contributed by atoms with Crippen molar-refractivity contribution in [2.24, 2.45) is 0 Å². The van der Waals surface area contributed by atoms with E-state index in [-0.39, 0.29) is 10.4 Å². The van der Waals surface area contributed by atoms with Crippen LogP contribution in [0.3, 0.4) is 0 Å². The third-order valence-corrected chi connectivity index (χ3v) is 3.92. The maximum Gasteiger partial charge on any atom is 0.269 e. The molecule has 2 aromatic carbocycles. The molecule has 0 unspecified atom stereocenters. The molecule has 0 bridgehead atoms. The minimum absolute atomic E-state index is 0.0177. The Morgan fingerprint density at radius 2 is 1.90 bits per heavy atom. The van der Waals surface area contributed by atoms with E-state index in [1.807, 2.05) is 24.3 Å². The van der Waals surface area contributed by atoms with Crippen LogP contribution in [-0.2, 0) is 0 Å². The number of methoxy groups -OCH3 is 1. The van der Waals surface area contributed by atoms with Crippen LogP contribution in [0.15, 0.2) is 45.7 Å². The van der Waals surface area contributed by atoms with Gasteiger partial charge in [-0.25, -0.2) is 0 Å². The fourth-order valence-corrected chi connectivity index (χ4v) is 2.42. The summed E-state index contributed by atoms with van der Waals surface area (Å²) >= 11 is 2.98. The highest BCUT2D eigenvalue weighted by molar-refractivity contribution is 9.10. The standard InChI is InChI=1S/C15H11BrN2O3/c1-21-11-7-6-10(8-4-2-3-5-9(8)11)13-17-14(19)12(16)15(20)18-13/h2-7H,1H3,(H2,17,18,19,20). The van der Waals surface area contributed by atoms with E-state index in [9.17, 15) is 9.90 Å². The van der Waals surface area contributed by atoms with Gasteiger partial charge >= 0.3 is 0 Å². The molecule has 1 aromatic heterocycles. The molecule has 1 heterocycles. The van der Waals surface area contributed by atoms with Crippen LogP contribution in [0.25, 0.3) is 22.2 Å². The van der Waals surface area contributed by atoms with Crippen molar-refractivity contribution >= 4 is 26.7 Å². The Balaban J connectivity index is 2.34. The number of rotatable bonds is 2. The van der Waals surface area contributed by atoms with Crippen molar-refractivity contribution in [3.8, 4) is 23.0 Å². The number of fused-ring (bicyclic) bond motifs is 1. The number of hydrogen-bond acceptors (Lipinski definition) is 4. The summed E-state index contributed by atoms with van der Waals surface area (Å²) in [5.74, 6) is 0.700. The van der Waals surface area contributed by atoms with E-state index < -0.39 is 5.56 Å². The van der Waals surface area contributed by atoms with Crippen LogP contribution in [0.4, 0.5) is 0 Å². The lowest BCUT2D eigenvalue weighted by atomic mass is 10.0. The number of aromatic nitrogens is 2. The van der Waals surface area contributed by atoms with Gasteiger partial charge < -0.3 is 14.8 Å². The number of nitrogens with one attached hydrogen (secondary N) is 1. The molecule has 0 saturated heterocycles. The van der Waals surface area contributed by atoms with Crippen LogP contribution in [0.2, 0.25) is 0 Å². The molecule has 0 fully saturated rings. The SMILES string of the molecule is COc1ccc(-c2nc(O)c(Br)c(=O)[nH]2)c2ccccc12. The van der Waals surface area contributed by atoms with E-state index in [4.69, 9.17) is 4.74 Å². The number of hydrogen-bond donors (Lipinski definition) is 2. The maximum absolute atomic E-state index is 11.8. The molecule has 0 atom stereocenters. The van der Waals surface area contributed by atoms with E-state index in [1.165, 1.54) is 0 Å². The molecule has 21 heavy (non-hydrogen) atoms. The van der Waals surface area contributed by atoms with Crippen molar-refractivity contribution in [2.75, 3.05) is 7.11 Å². The Morgan fingerprint density at radius 1 is 1.19 bits per heavy atom. The molecule has 0 saturated carbocycles. The summed E-state index contributed by atoms with van der Waals surface area (Å²) < 4.78 is 5.35. The predicted octanol–water partition coefficient (Wildman–Crippen LogP) is 3.07. The fraction of sp³-hybridized carbons (Fsp3) is 0.0667. The second kappa shape index (κ2) is 5.21. The third kappa shape index (κ3) is 2.27. The zero-order valence-corrected chi connectivity index (χ0v) is 12.6. The first-order valence-corrected chi connectivity index (χ1v) is 6.96. The van der Waals surface area contributed by atoms with Crippen molar-refractivity contribution in [1.29, 1.82) is 0 Å². The van der Waals surface area contributed by atoms with Crippen molar-refractivity contribution in [2.45, 2.75) is 0 Å². The molecular weight excluding hydrogens is 336 g/mol. The molecule has 106 valence electrons. The van der Waals surface area contributed by atoms with Gasteiger partial charge in [0.15, 0.2) is 0 Å². The average Bonchev–Trinajstić information content (AvgIpc) is 2.51. The number of aromatic amines is 1. The summed E-state index contributed by atoms with van der Waals surface area (Å²) in [7, 11) is 1.60. The van der Waals surface area contributed by atoms with Gasteiger partial charge in [0.2, 0.25) is 5.88 Å². The van der Waals surface area contributed by atoms with Crippen LogP contribution >= 0.6 is 15.9 Å². The smallest absolute Gasteiger partial charge is 0.269 e. The Labute approximate surface area is 128 Å². The van der Waals surface area contributed by atoms with E-state index in [1.54, 1.807) is 19.2 Å². The Kier molecular flexibility index (Phi) is 3.39. The number of benzene rings is 2. The highest BCUT2D eigenvalue weighted by atomic mass is 79.9. The van der Waals surface area contributed by atoms with Crippen LogP contribution in [0.5, 0.6) is 11.6 Å². The lowest BCUT2D eigenvalue weighted by Gasteiger charge is -2.10. The lowest BCUT2D eigenvalue weighted by Crippen LogP contribution is -2.09. The Bertz CT molecular complexity index is 890. The van der Waals surface area contributed by atoms with Gasteiger partial charge in [-0.1, -0.05) is 24.3 Å². The van der Waals surface area contributed by atoms with Crippen LogP contribution in [0, 0.1) is 0 Å². The second-order valence-electron chi connectivity index (χ2n) is 4.41. The number of H-pyrrole nitrogens is 1. The Hall–Kier alpha value is -2.34. The van der Waals surface area contributed by atoms with Crippen molar-refractivity contribution in [1.82, 2.24) is 9.97 Å². The second-order valence-corrected chi connectivity index (χ2v) is 5.21. The number of aromatic hydroxyl groups is 1. The zero-order valence-electron chi connectivity index (χ0n) is 11.1. The summed E-state index contributed by atoms with van der Waals surface area (Å²) in [6, 6.07) is 11.2. The molecule has 0 spiro atoms. The highest BCUT2D eigenvalue weighted by Crippen LogP contribution is 2.33. The minimum Gasteiger partial charge on any atom is -0.496 e. The first kappa shape index (κ1) is 13.6. The van der Waals surface area contributed by atoms with Crippen LogP contribution in [0.1, 0.15) is 0 Å². The van der Waals surface area contributed by atoms with Crippen LogP contribution < -0.4 is 10.3 Å². The largest absolute Gasteiger partial charge is 0.496 e. The van der Waals surface area contributed by atoms with Gasteiger partial charge in [0, 0.05) is 10.9 Å². The molecule has 0 aliphatic carbocycles. The summed E-state index contributed by atoms with van der Waals surface area (Å²) in [5.41, 5.74) is 0.281. The summed E-state index contributed by atoms with van der Waals surface area (Å²) in [5, 5.41) is 11.5. The van der Waals surface area contributed by atoms with Crippen molar-refractivity contribution < 1.29 is 9.84 Å².